The van der Waals surface area contributed by atoms with Crippen LogP contribution in [0.1, 0.15) is 42.2 Å². The number of nitrogens with one attached hydrogen (secondary N) is 1. The minimum Gasteiger partial charge on any atom is -0.383 e. The fourth-order valence-corrected chi connectivity index (χ4v) is 3.16. The van der Waals surface area contributed by atoms with Gasteiger partial charge in [0.15, 0.2) is 0 Å². The van der Waals surface area contributed by atoms with E-state index in [1.54, 1.807) is 54.7 Å². The van der Waals surface area contributed by atoms with Gasteiger partial charge in [-0.25, -0.2) is 9.97 Å². The number of carbonyl (C=O) groups is 3. The second kappa shape index (κ2) is 7.51. The topological polar surface area (TPSA) is 118 Å². The van der Waals surface area contributed by atoms with E-state index in [-0.39, 0.29) is 30.8 Å². The van der Waals surface area contributed by atoms with Gasteiger partial charge >= 0.3 is 0 Å². The van der Waals surface area contributed by atoms with Gasteiger partial charge in [-0.1, -0.05) is 24.3 Å². The van der Waals surface area contributed by atoms with Crippen molar-refractivity contribution in [2.75, 3.05) is 5.73 Å². The fourth-order valence-electron chi connectivity index (χ4n) is 3.16. The summed E-state index contributed by atoms with van der Waals surface area (Å²) in [5.74, 6) is -0.669. The lowest BCUT2D eigenvalue weighted by Gasteiger charge is -2.14. The zero-order chi connectivity index (χ0) is 20.4. The Hall–Kier alpha value is -4.07. The van der Waals surface area contributed by atoms with E-state index in [4.69, 9.17) is 5.73 Å². The number of imide groups is 1. The summed E-state index contributed by atoms with van der Waals surface area (Å²) < 4.78 is 0. The highest BCUT2D eigenvalue weighted by Crippen LogP contribution is 2.24. The highest BCUT2D eigenvalue weighted by molar-refractivity contribution is 6.21. The number of nitrogens with two attached hydrogens (primary N) is 1. The number of amides is 3. The van der Waals surface area contributed by atoms with Crippen LogP contribution in [0.4, 0.5) is 5.82 Å². The Morgan fingerprint density at radius 1 is 1.03 bits per heavy atom. The third-order valence-electron chi connectivity index (χ3n) is 4.67. The van der Waals surface area contributed by atoms with Gasteiger partial charge in [-0.15, -0.1) is 0 Å². The number of anilines is 1. The van der Waals surface area contributed by atoms with Crippen molar-refractivity contribution >= 4 is 23.5 Å². The number of hydrogen-bond donors (Lipinski definition) is 2. The lowest BCUT2D eigenvalue weighted by molar-refractivity contribution is 0.0642. The monoisotopic (exact) mass is 387 g/mol. The largest absolute Gasteiger partial charge is 0.383 e. The lowest BCUT2D eigenvalue weighted by Crippen LogP contribution is -2.29. The van der Waals surface area contributed by atoms with Crippen molar-refractivity contribution in [3.05, 3.63) is 88.9 Å². The molecule has 1 aromatic heterocycles. The molecule has 0 atom stereocenters. The Bertz CT molecular complexity index is 1090. The van der Waals surface area contributed by atoms with Crippen LogP contribution in [0.3, 0.4) is 0 Å². The van der Waals surface area contributed by atoms with Crippen molar-refractivity contribution in [1.82, 2.24) is 20.2 Å². The molecule has 0 unspecified atom stereocenters. The summed E-state index contributed by atoms with van der Waals surface area (Å²) in [7, 11) is 0. The number of carbonyl (C=O) groups excluding carboxylic acids is 3. The molecule has 0 bridgehead atoms. The summed E-state index contributed by atoms with van der Waals surface area (Å²) in [5.41, 5.74) is 8.25. The number of rotatable bonds is 5. The third-order valence-corrected chi connectivity index (χ3v) is 4.67. The molecule has 8 nitrogen and oxygen atoms in total. The molecular formula is C21H17N5O3. The number of benzene rings is 2. The first kappa shape index (κ1) is 18.3. The molecule has 144 valence electrons. The van der Waals surface area contributed by atoms with Gasteiger partial charge < -0.3 is 11.1 Å². The van der Waals surface area contributed by atoms with Gasteiger partial charge in [-0.2, -0.15) is 0 Å². The molecule has 0 saturated heterocycles. The zero-order valence-electron chi connectivity index (χ0n) is 15.3. The molecule has 0 saturated carbocycles. The standard InChI is InChI=1S/C21H17N5O3/c22-18-15(9-23-12-25-18)10-24-19(27)14-5-3-4-13(8-14)11-26-20(28)16-6-1-2-7-17(16)21(26)29/h1-9,12H,10-11H2,(H,24,27)(H2,22,23,25). The van der Waals surface area contributed by atoms with Crippen LogP contribution in [-0.2, 0) is 13.1 Å². The summed E-state index contributed by atoms with van der Waals surface area (Å²) >= 11 is 0. The van der Waals surface area contributed by atoms with E-state index >= 15 is 0 Å². The number of fused-ring (bicyclic) bond motifs is 1. The van der Waals surface area contributed by atoms with Crippen molar-refractivity contribution in [3.63, 3.8) is 0 Å². The predicted molar refractivity (Wildman–Crippen MR) is 105 cm³/mol. The molecule has 8 heteroatoms. The highest BCUT2D eigenvalue weighted by atomic mass is 16.2. The van der Waals surface area contributed by atoms with E-state index in [9.17, 15) is 14.4 Å². The molecule has 0 spiro atoms. The maximum atomic E-state index is 12.5. The number of nitrogen functional groups attached to an aromatic ring is 1. The minimum absolute atomic E-state index is 0.0902. The first-order chi connectivity index (χ1) is 14.0. The van der Waals surface area contributed by atoms with E-state index in [0.717, 1.165) is 0 Å². The van der Waals surface area contributed by atoms with Gasteiger partial charge in [0.1, 0.15) is 12.1 Å². The van der Waals surface area contributed by atoms with Crippen LogP contribution in [-0.4, -0.2) is 32.6 Å². The molecule has 1 aliphatic rings. The van der Waals surface area contributed by atoms with E-state index in [2.05, 4.69) is 15.3 Å². The number of aromatic nitrogens is 2. The third kappa shape index (κ3) is 3.55. The molecule has 2 aromatic carbocycles. The molecular weight excluding hydrogens is 370 g/mol. The molecule has 3 N–H and O–H groups in total. The molecule has 3 aromatic rings. The van der Waals surface area contributed by atoms with Crippen LogP contribution < -0.4 is 11.1 Å². The minimum atomic E-state index is -0.333. The van der Waals surface area contributed by atoms with Gasteiger partial charge in [-0.05, 0) is 29.8 Å². The summed E-state index contributed by atoms with van der Waals surface area (Å²) in [6.07, 6.45) is 2.88. The second-order valence-electron chi connectivity index (χ2n) is 6.56. The zero-order valence-corrected chi connectivity index (χ0v) is 15.3. The predicted octanol–water partition coefficient (Wildman–Crippen LogP) is 1.78. The van der Waals surface area contributed by atoms with Crippen molar-refractivity contribution in [2.24, 2.45) is 0 Å². The molecule has 2 heterocycles. The van der Waals surface area contributed by atoms with Crippen LogP contribution >= 0.6 is 0 Å². The second-order valence-corrected chi connectivity index (χ2v) is 6.56. The summed E-state index contributed by atoms with van der Waals surface area (Å²) in [6, 6.07) is 13.5. The number of hydrogen-bond acceptors (Lipinski definition) is 6. The van der Waals surface area contributed by atoms with Crippen LogP contribution in [0.15, 0.2) is 61.1 Å². The quantitative estimate of drug-likeness (QED) is 0.644. The van der Waals surface area contributed by atoms with Crippen LogP contribution in [0, 0.1) is 0 Å². The SMILES string of the molecule is Nc1ncncc1CNC(=O)c1cccc(CN2C(=O)c3ccccc3C2=O)c1. The molecule has 0 fully saturated rings. The first-order valence-corrected chi connectivity index (χ1v) is 8.91. The molecule has 3 amide bonds. The van der Waals surface area contributed by atoms with Gasteiger partial charge in [0, 0.05) is 23.9 Å². The van der Waals surface area contributed by atoms with Crippen molar-refractivity contribution in [1.29, 1.82) is 0 Å². The van der Waals surface area contributed by atoms with E-state index in [1.807, 2.05) is 0 Å². The Kier molecular flexibility index (Phi) is 4.74. The summed E-state index contributed by atoms with van der Waals surface area (Å²) in [4.78, 5) is 46.5. The Morgan fingerprint density at radius 3 is 2.45 bits per heavy atom. The lowest BCUT2D eigenvalue weighted by atomic mass is 10.1. The molecule has 4 rings (SSSR count). The molecule has 1 aliphatic heterocycles. The average molecular weight is 387 g/mol. The van der Waals surface area contributed by atoms with Crippen LogP contribution in [0.5, 0.6) is 0 Å². The van der Waals surface area contributed by atoms with E-state index in [0.29, 0.717) is 33.6 Å². The average Bonchev–Trinajstić information content (AvgIpc) is 2.98. The van der Waals surface area contributed by atoms with E-state index < -0.39 is 0 Å². The maximum Gasteiger partial charge on any atom is 0.261 e. The number of nitrogens with zero attached hydrogens (tertiary/aromatic N) is 3. The van der Waals surface area contributed by atoms with Gasteiger partial charge in [0.25, 0.3) is 17.7 Å². The normalized spacial score (nSPS) is 12.8. The molecule has 29 heavy (non-hydrogen) atoms. The first-order valence-electron chi connectivity index (χ1n) is 8.91. The smallest absolute Gasteiger partial charge is 0.261 e. The van der Waals surface area contributed by atoms with Crippen molar-refractivity contribution in [2.45, 2.75) is 13.1 Å². The van der Waals surface area contributed by atoms with Gasteiger partial charge in [-0.3, -0.25) is 19.3 Å². The van der Waals surface area contributed by atoms with Crippen molar-refractivity contribution in [3.8, 4) is 0 Å². The van der Waals surface area contributed by atoms with Gasteiger partial charge in [0.05, 0.1) is 17.7 Å². The highest BCUT2D eigenvalue weighted by Gasteiger charge is 2.34. The Morgan fingerprint density at radius 2 is 1.76 bits per heavy atom. The Labute approximate surface area is 166 Å². The van der Waals surface area contributed by atoms with E-state index in [1.165, 1.54) is 11.2 Å². The fraction of sp³-hybridized carbons (Fsp3) is 0.0952. The summed E-state index contributed by atoms with van der Waals surface area (Å²) in [6.45, 7) is 0.279. The summed E-state index contributed by atoms with van der Waals surface area (Å²) in [5, 5.41) is 2.76. The Balaban J connectivity index is 1.47. The molecule has 0 aliphatic carbocycles. The molecule has 0 radical (unpaired) electrons. The maximum absolute atomic E-state index is 12.5. The van der Waals surface area contributed by atoms with Crippen molar-refractivity contribution < 1.29 is 14.4 Å². The van der Waals surface area contributed by atoms with Crippen LogP contribution in [0.25, 0.3) is 0 Å². The van der Waals surface area contributed by atoms with Crippen LogP contribution in [0.2, 0.25) is 0 Å². The van der Waals surface area contributed by atoms with Gasteiger partial charge in [0.2, 0.25) is 0 Å².